The van der Waals surface area contributed by atoms with Gasteiger partial charge in [0.15, 0.2) is 0 Å². The summed E-state index contributed by atoms with van der Waals surface area (Å²) in [4.78, 5) is 13.4. The lowest BCUT2D eigenvalue weighted by Gasteiger charge is -2.18. The number of carbonyl (C=O) groups excluding carboxylic acids is 1. The number of fused-ring (bicyclic) bond motifs is 1. The van der Waals surface area contributed by atoms with Crippen LogP contribution in [0.2, 0.25) is 25.7 Å². The Hall–Kier alpha value is -0.613. The molecule has 0 aromatic carbocycles. The number of carbonyl (C=O) groups is 1. The third kappa shape index (κ3) is 2.31. The molecule has 15 heavy (non-hydrogen) atoms. The highest BCUT2D eigenvalue weighted by molar-refractivity contribution is 6.76. The van der Waals surface area contributed by atoms with E-state index in [4.69, 9.17) is 4.74 Å². The molecule has 0 saturated carbocycles. The van der Waals surface area contributed by atoms with Crippen LogP contribution in [0.3, 0.4) is 0 Å². The summed E-state index contributed by atoms with van der Waals surface area (Å²) >= 11 is 0. The Morgan fingerprint density at radius 3 is 2.73 bits per heavy atom. The van der Waals surface area contributed by atoms with Gasteiger partial charge in [-0.05, 0) is 6.04 Å². The standard InChI is InChI=1S/C11H19NO2Si/c1-8(7-15(2,3)4)5-12-9-6-14-11(13)10(9)12/h9-10H,1,5-7H2,2-4H3. The summed E-state index contributed by atoms with van der Waals surface area (Å²) in [5, 5.41) is 0. The van der Waals surface area contributed by atoms with Crippen molar-refractivity contribution in [3.8, 4) is 0 Å². The molecule has 84 valence electrons. The molecule has 2 aliphatic heterocycles. The minimum absolute atomic E-state index is 0.0409. The van der Waals surface area contributed by atoms with Gasteiger partial charge in [-0.2, -0.15) is 0 Å². The SMILES string of the molecule is C=C(CN1C2COC(=O)C21)C[Si](C)(C)C. The van der Waals surface area contributed by atoms with Crippen LogP contribution in [0.1, 0.15) is 0 Å². The molecule has 0 aliphatic carbocycles. The molecule has 0 spiro atoms. The van der Waals surface area contributed by atoms with E-state index in [-0.39, 0.29) is 12.0 Å². The van der Waals surface area contributed by atoms with Crippen molar-refractivity contribution < 1.29 is 9.53 Å². The summed E-state index contributed by atoms with van der Waals surface area (Å²) in [6.07, 6.45) is 0. The van der Waals surface area contributed by atoms with E-state index in [0.29, 0.717) is 12.6 Å². The van der Waals surface area contributed by atoms with Gasteiger partial charge < -0.3 is 4.74 Å². The fourth-order valence-electron chi connectivity index (χ4n) is 2.34. The zero-order chi connectivity index (χ0) is 11.2. The Kier molecular flexibility index (Phi) is 2.51. The molecule has 0 N–H and O–H groups in total. The van der Waals surface area contributed by atoms with E-state index in [0.717, 1.165) is 12.6 Å². The van der Waals surface area contributed by atoms with E-state index in [1.807, 2.05) is 0 Å². The summed E-state index contributed by atoms with van der Waals surface area (Å²) in [5.74, 6) is -0.0409. The number of hydrogen-bond donors (Lipinski definition) is 0. The third-order valence-electron chi connectivity index (χ3n) is 2.88. The number of nitrogens with zero attached hydrogens (tertiary/aromatic N) is 1. The first-order valence-electron chi connectivity index (χ1n) is 5.47. The lowest BCUT2D eigenvalue weighted by molar-refractivity contribution is -0.141. The topological polar surface area (TPSA) is 29.3 Å². The summed E-state index contributed by atoms with van der Waals surface area (Å²) in [6.45, 7) is 12.6. The molecule has 0 radical (unpaired) electrons. The fourth-order valence-corrected chi connectivity index (χ4v) is 3.95. The molecule has 2 fully saturated rings. The second kappa shape index (κ2) is 3.45. The first-order valence-corrected chi connectivity index (χ1v) is 9.18. The van der Waals surface area contributed by atoms with Gasteiger partial charge in [-0.3, -0.25) is 9.69 Å². The molecular weight excluding hydrogens is 206 g/mol. The average Bonchev–Trinajstić information content (AvgIpc) is 2.55. The molecule has 2 heterocycles. The van der Waals surface area contributed by atoms with Gasteiger partial charge in [0.1, 0.15) is 12.6 Å². The summed E-state index contributed by atoms with van der Waals surface area (Å²) < 4.78 is 4.93. The van der Waals surface area contributed by atoms with E-state index in [9.17, 15) is 4.79 Å². The van der Waals surface area contributed by atoms with Gasteiger partial charge in [-0.1, -0.05) is 31.8 Å². The minimum Gasteiger partial charge on any atom is -0.463 e. The Morgan fingerprint density at radius 1 is 1.60 bits per heavy atom. The first kappa shape index (κ1) is 10.9. The van der Waals surface area contributed by atoms with Crippen molar-refractivity contribution in [3.05, 3.63) is 12.2 Å². The minimum atomic E-state index is -1.05. The predicted molar refractivity (Wildman–Crippen MR) is 62.5 cm³/mol. The molecule has 2 saturated heterocycles. The normalized spacial score (nSPS) is 33.5. The number of ether oxygens (including phenoxy) is 1. The van der Waals surface area contributed by atoms with Gasteiger partial charge in [0.05, 0.1) is 6.04 Å². The zero-order valence-corrected chi connectivity index (χ0v) is 10.7. The molecule has 3 nitrogen and oxygen atoms in total. The molecule has 3 unspecified atom stereocenters. The summed E-state index contributed by atoms with van der Waals surface area (Å²) in [7, 11) is -1.05. The number of rotatable bonds is 4. The van der Waals surface area contributed by atoms with Crippen LogP contribution in [0.15, 0.2) is 12.2 Å². The number of esters is 1. The molecule has 4 heteroatoms. The van der Waals surface area contributed by atoms with Crippen LogP contribution in [0.5, 0.6) is 0 Å². The van der Waals surface area contributed by atoms with Gasteiger partial charge in [0, 0.05) is 14.6 Å². The van der Waals surface area contributed by atoms with Crippen molar-refractivity contribution in [2.45, 2.75) is 37.8 Å². The van der Waals surface area contributed by atoms with Crippen LogP contribution in [0.4, 0.5) is 0 Å². The highest BCUT2D eigenvalue weighted by atomic mass is 28.3. The second-order valence-corrected chi connectivity index (χ2v) is 11.3. The van der Waals surface area contributed by atoms with Gasteiger partial charge in [-0.15, -0.1) is 0 Å². The number of morpholine rings is 1. The third-order valence-corrected chi connectivity index (χ3v) is 4.44. The quantitative estimate of drug-likeness (QED) is 0.314. The molecule has 2 rings (SSSR count). The molecular formula is C11H19NO2Si. The molecule has 0 aromatic heterocycles. The average molecular weight is 225 g/mol. The maximum atomic E-state index is 11.2. The molecule has 0 bridgehead atoms. The Balaban J connectivity index is 1.80. The predicted octanol–water partition coefficient (Wildman–Crippen LogP) is 1.49. The molecule has 0 amide bonds. The Bertz CT molecular complexity index is 308. The first-order chi connectivity index (χ1) is 6.88. The maximum absolute atomic E-state index is 11.2. The van der Waals surface area contributed by atoms with E-state index in [1.54, 1.807) is 0 Å². The van der Waals surface area contributed by atoms with Crippen LogP contribution in [0.25, 0.3) is 0 Å². The van der Waals surface area contributed by atoms with Crippen molar-refractivity contribution in [1.82, 2.24) is 4.90 Å². The van der Waals surface area contributed by atoms with Crippen LogP contribution in [-0.4, -0.2) is 44.2 Å². The summed E-state index contributed by atoms with van der Waals surface area (Å²) in [6, 6.07) is 1.57. The van der Waals surface area contributed by atoms with E-state index < -0.39 is 8.07 Å². The molecule has 2 aliphatic rings. The fraction of sp³-hybridized carbons (Fsp3) is 0.727. The van der Waals surface area contributed by atoms with Crippen molar-refractivity contribution >= 4 is 14.0 Å². The van der Waals surface area contributed by atoms with Gasteiger partial charge in [0.25, 0.3) is 0 Å². The van der Waals surface area contributed by atoms with Gasteiger partial charge in [0.2, 0.25) is 0 Å². The Labute approximate surface area is 92.1 Å². The Morgan fingerprint density at radius 2 is 2.27 bits per heavy atom. The lowest BCUT2D eigenvalue weighted by atomic mass is 10.3. The van der Waals surface area contributed by atoms with E-state index in [2.05, 4.69) is 31.1 Å². The second-order valence-electron chi connectivity index (χ2n) is 5.80. The largest absolute Gasteiger partial charge is 0.463 e. The molecule has 3 atom stereocenters. The van der Waals surface area contributed by atoms with Gasteiger partial charge in [-0.25, -0.2) is 0 Å². The smallest absolute Gasteiger partial charge is 0.325 e. The summed E-state index contributed by atoms with van der Waals surface area (Å²) in [5.41, 5.74) is 1.27. The highest BCUT2D eigenvalue weighted by Gasteiger charge is 2.58. The monoisotopic (exact) mass is 225 g/mol. The van der Waals surface area contributed by atoms with Crippen molar-refractivity contribution in [3.63, 3.8) is 0 Å². The number of hydrogen-bond acceptors (Lipinski definition) is 3. The van der Waals surface area contributed by atoms with E-state index >= 15 is 0 Å². The van der Waals surface area contributed by atoms with Crippen molar-refractivity contribution in [2.24, 2.45) is 0 Å². The molecule has 0 aromatic rings. The van der Waals surface area contributed by atoms with Crippen LogP contribution >= 0.6 is 0 Å². The zero-order valence-electron chi connectivity index (χ0n) is 9.75. The van der Waals surface area contributed by atoms with Crippen molar-refractivity contribution in [1.29, 1.82) is 0 Å². The highest BCUT2D eigenvalue weighted by Crippen LogP contribution is 2.36. The number of cyclic esters (lactones) is 1. The van der Waals surface area contributed by atoms with Crippen molar-refractivity contribution in [2.75, 3.05) is 13.2 Å². The van der Waals surface area contributed by atoms with Crippen LogP contribution < -0.4 is 0 Å². The van der Waals surface area contributed by atoms with E-state index in [1.165, 1.54) is 5.57 Å². The van der Waals surface area contributed by atoms with Crippen LogP contribution in [0, 0.1) is 0 Å². The maximum Gasteiger partial charge on any atom is 0.325 e. The lowest BCUT2D eigenvalue weighted by Crippen LogP contribution is -2.24. The van der Waals surface area contributed by atoms with Gasteiger partial charge >= 0.3 is 5.97 Å². The van der Waals surface area contributed by atoms with Crippen LogP contribution in [-0.2, 0) is 9.53 Å².